The van der Waals surface area contributed by atoms with Crippen molar-refractivity contribution in [1.29, 1.82) is 0 Å². The number of aromatic nitrogens is 4. The summed E-state index contributed by atoms with van der Waals surface area (Å²) in [5.41, 5.74) is 4.80. The van der Waals surface area contributed by atoms with Crippen molar-refractivity contribution >= 4 is 28.5 Å². The number of nitrogens with one attached hydrogen (secondary N) is 1. The van der Waals surface area contributed by atoms with E-state index in [-0.39, 0.29) is 18.4 Å². The first kappa shape index (κ1) is 24.0. The predicted molar refractivity (Wildman–Crippen MR) is 133 cm³/mol. The number of nitrogens with zero attached hydrogens (tertiary/aromatic N) is 5. The summed E-state index contributed by atoms with van der Waals surface area (Å²) in [5, 5.41) is 11.2. The number of para-hydroxylation sites is 1. The molecule has 1 N–H and O–H groups in total. The Morgan fingerprint density at radius 1 is 1.06 bits per heavy atom. The molecule has 2 aromatic carbocycles. The third-order valence-corrected chi connectivity index (χ3v) is 5.88. The van der Waals surface area contributed by atoms with Gasteiger partial charge in [0.2, 0.25) is 11.8 Å². The van der Waals surface area contributed by atoms with Crippen molar-refractivity contribution in [2.45, 2.75) is 26.4 Å². The van der Waals surface area contributed by atoms with Gasteiger partial charge in [0, 0.05) is 31.7 Å². The summed E-state index contributed by atoms with van der Waals surface area (Å²) in [6.07, 6.45) is 3.22. The van der Waals surface area contributed by atoms with Crippen molar-refractivity contribution in [3.8, 4) is 0 Å². The van der Waals surface area contributed by atoms with Gasteiger partial charge in [-0.3, -0.25) is 19.5 Å². The number of pyridine rings is 1. The molecule has 9 heteroatoms. The lowest BCUT2D eigenvalue weighted by molar-refractivity contribution is -0.127. The number of anilines is 1. The van der Waals surface area contributed by atoms with E-state index in [0.717, 1.165) is 16.6 Å². The molecule has 1 atom stereocenters. The Morgan fingerprint density at radius 3 is 2.57 bits per heavy atom. The molecule has 180 valence electrons. The zero-order valence-corrected chi connectivity index (χ0v) is 20.0. The van der Waals surface area contributed by atoms with Crippen molar-refractivity contribution in [2.75, 3.05) is 25.2 Å². The molecule has 35 heavy (non-hydrogen) atoms. The third-order valence-electron chi connectivity index (χ3n) is 5.88. The van der Waals surface area contributed by atoms with Crippen molar-refractivity contribution in [3.05, 3.63) is 83.7 Å². The van der Waals surface area contributed by atoms with Crippen LogP contribution in [0.1, 0.15) is 22.7 Å². The van der Waals surface area contributed by atoms with E-state index < -0.39 is 6.04 Å². The van der Waals surface area contributed by atoms with E-state index in [1.165, 1.54) is 4.90 Å². The molecule has 2 heterocycles. The van der Waals surface area contributed by atoms with Crippen molar-refractivity contribution in [3.63, 3.8) is 0 Å². The van der Waals surface area contributed by atoms with Gasteiger partial charge in [-0.15, -0.1) is 5.10 Å². The average Bonchev–Trinajstić information content (AvgIpc) is 3.27. The number of hydrogen-bond donors (Lipinski definition) is 1. The molecule has 0 fully saturated rings. The molecule has 0 aliphatic carbocycles. The standard InChI is InChI=1S/C26H28N6O3/c1-18-8-9-21(16-19(18)2)32(24(33)17-31-23-7-5-4-6-22(23)29-30-31)25(20-10-12-27-13-11-20)26(34)28-14-15-35-3/h4-13,16,25H,14-15,17H2,1-3H3,(H,28,34)/t25-/m1/s1. The van der Waals surface area contributed by atoms with Gasteiger partial charge in [0.15, 0.2) is 0 Å². The second-order valence-corrected chi connectivity index (χ2v) is 8.24. The highest BCUT2D eigenvalue weighted by molar-refractivity contribution is 6.01. The molecule has 4 rings (SSSR count). The summed E-state index contributed by atoms with van der Waals surface area (Å²) in [6, 6.07) is 15.7. The average molecular weight is 473 g/mol. The van der Waals surface area contributed by atoms with Gasteiger partial charge in [0.1, 0.15) is 18.1 Å². The van der Waals surface area contributed by atoms with Crippen LogP contribution in [0.3, 0.4) is 0 Å². The minimum atomic E-state index is -0.917. The minimum absolute atomic E-state index is 0.0830. The summed E-state index contributed by atoms with van der Waals surface area (Å²) in [5.74, 6) is -0.615. The summed E-state index contributed by atoms with van der Waals surface area (Å²) >= 11 is 0. The Morgan fingerprint density at radius 2 is 1.83 bits per heavy atom. The number of amides is 2. The number of methoxy groups -OCH3 is 1. The van der Waals surface area contributed by atoms with Crippen LogP contribution in [-0.2, 0) is 20.9 Å². The first-order valence-electron chi connectivity index (χ1n) is 11.3. The number of ether oxygens (including phenoxy) is 1. The molecular formula is C26H28N6O3. The summed E-state index contributed by atoms with van der Waals surface area (Å²) < 4.78 is 6.64. The fraction of sp³-hybridized carbons (Fsp3) is 0.269. The zero-order valence-electron chi connectivity index (χ0n) is 20.0. The van der Waals surface area contributed by atoms with Gasteiger partial charge in [0.25, 0.3) is 0 Å². The van der Waals surface area contributed by atoms with E-state index in [2.05, 4.69) is 20.6 Å². The lowest BCUT2D eigenvalue weighted by Crippen LogP contribution is -2.46. The Hall–Kier alpha value is -4.11. The molecule has 2 amide bonds. The van der Waals surface area contributed by atoms with Crippen LogP contribution in [0.4, 0.5) is 5.69 Å². The Bertz CT molecular complexity index is 1320. The topological polar surface area (TPSA) is 102 Å². The van der Waals surface area contributed by atoms with E-state index in [1.807, 2.05) is 56.3 Å². The van der Waals surface area contributed by atoms with Gasteiger partial charge in [-0.2, -0.15) is 0 Å². The van der Waals surface area contributed by atoms with Crippen molar-refractivity contribution in [2.24, 2.45) is 0 Å². The normalized spacial score (nSPS) is 11.9. The van der Waals surface area contributed by atoms with Gasteiger partial charge < -0.3 is 10.1 Å². The molecule has 0 bridgehead atoms. The minimum Gasteiger partial charge on any atom is -0.383 e. The van der Waals surface area contributed by atoms with E-state index in [4.69, 9.17) is 4.74 Å². The summed E-state index contributed by atoms with van der Waals surface area (Å²) in [6.45, 7) is 4.58. The highest BCUT2D eigenvalue weighted by atomic mass is 16.5. The van der Waals surface area contributed by atoms with Crippen LogP contribution in [0.2, 0.25) is 0 Å². The number of benzene rings is 2. The molecule has 9 nitrogen and oxygen atoms in total. The molecule has 0 aliphatic rings. The molecule has 0 saturated carbocycles. The van der Waals surface area contributed by atoms with E-state index in [0.29, 0.717) is 29.9 Å². The third kappa shape index (κ3) is 5.36. The van der Waals surface area contributed by atoms with E-state index >= 15 is 0 Å². The van der Waals surface area contributed by atoms with Gasteiger partial charge in [0.05, 0.1) is 12.1 Å². The van der Waals surface area contributed by atoms with E-state index in [1.54, 1.807) is 36.3 Å². The van der Waals surface area contributed by atoms with Crippen LogP contribution in [0.15, 0.2) is 67.0 Å². The smallest absolute Gasteiger partial charge is 0.249 e. The van der Waals surface area contributed by atoms with Gasteiger partial charge in [-0.25, -0.2) is 4.68 Å². The van der Waals surface area contributed by atoms with Crippen molar-refractivity contribution in [1.82, 2.24) is 25.3 Å². The Kier molecular flexibility index (Phi) is 7.47. The van der Waals surface area contributed by atoms with Crippen LogP contribution in [-0.4, -0.2) is 52.1 Å². The molecule has 0 unspecified atom stereocenters. The lowest BCUT2D eigenvalue weighted by Gasteiger charge is -2.32. The predicted octanol–water partition coefficient (Wildman–Crippen LogP) is 2.98. The fourth-order valence-corrected chi connectivity index (χ4v) is 3.89. The van der Waals surface area contributed by atoms with Crippen LogP contribution < -0.4 is 10.2 Å². The monoisotopic (exact) mass is 472 g/mol. The molecule has 0 aliphatic heterocycles. The molecule has 2 aromatic heterocycles. The van der Waals surface area contributed by atoms with Gasteiger partial charge in [-0.1, -0.05) is 23.4 Å². The molecule has 4 aromatic rings. The Labute approximate surface area is 203 Å². The second-order valence-electron chi connectivity index (χ2n) is 8.24. The van der Waals surface area contributed by atoms with Crippen LogP contribution in [0.5, 0.6) is 0 Å². The number of carbonyl (C=O) groups is 2. The Balaban J connectivity index is 1.78. The van der Waals surface area contributed by atoms with Gasteiger partial charge >= 0.3 is 0 Å². The maximum Gasteiger partial charge on any atom is 0.249 e. The largest absolute Gasteiger partial charge is 0.383 e. The molecular weight excluding hydrogens is 444 g/mol. The first-order valence-corrected chi connectivity index (χ1v) is 11.3. The maximum atomic E-state index is 13.9. The highest BCUT2D eigenvalue weighted by Gasteiger charge is 2.33. The number of hydrogen-bond acceptors (Lipinski definition) is 6. The maximum absolute atomic E-state index is 13.9. The molecule has 0 saturated heterocycles. The fourth-order valence-electron chi connectivity index (χ4n) is 3.89. The number of carbonyl (C=O) groups excluding carboxylic acids is 2. The second kappa shape index (κ2) is 10.9. The lowest BCUT2D eigenvalue weighted by atomic mass is 10.0. The first-order chi connectivity index (χ1) is 17.0. The number of fused-ring (bicyclic) bond motifs is 1. The quantitative estimate of drug-likeness (QED) is 0.376. The van der Waals surface area contributed by atoms with Crippen LogP contribution in [0, 0.1) is 13.8 Å². The van der Waals surface area contributed by atoms with Crippen molar-refractivity contribution < 1.29 is 14.3 Å². The number of aryl methyl sites for hydroxylation is 2. The molecule has 0 radical (unpaired) electrons. The molecule has 0 spiro atoms. The number of rotatable bonds is 9. The SMILES string of the molecule is COCCNC(=O)[C@@H](c1ccncc1)N(C(=O)Cn1nnc2ccccc21)c1ccc(C)c(C)c1. The van der Waals surface area contributed by atoms with Crippen LogP contribution >= 0.6 is 0 Å². The van der Waals surface area contributed by atoms with E-state index in [9.17, 15) is 9.59 Å². The summed E-state index contributed by atoms with van der Waals surface area (Å²) in [4.78, 5) is 33.0. The van der Waals surface area contributed by atoms with Gasteiger partial charge in [-0.05, 0) is 66.9 Å². The zero-order chi connectivity index (χ0) is 24.8. The highest BCUT2D eigenvalue weighted by Crippen LogP contribution is 2.30. The summed E-state index contributed by atoms with van der Waals surface area (Å²) in [7, 11) is 1.57. The van der Waals surface area contributed by atoms with Crippen LogP contribution in [0.25, 0.3) is 11.0 Å².